The van der Waals surface area contributed by atoms with Gasteiger partial charge in [-0.2, -0.15) is 0 Å². The predicted octanol–water partition coefficient (Wildman–Crippen LogP) is 5.22. The van der Waals surface area contributed by atoms with Crippen LogP contribution in [0.5, 0.6) is 0 Å². The third-order valence-electron chi connectivity index (χ3n) is 4.09. The molecule has 0 amide bonds. The van der Waals surface area contributed by atoms with Gasteiger partial charge in [0.2, 0.25) is 0 Å². The summed E-state index contributed by atoms with van der Waals surface area (Å²) < 4.78 is 0. The van der Waals surface area contributed by atoms with Crippen LogP contribution in [0, 0.1) is 24.3 Å². The highest BCUT2D eigenvalue weighted by atomic mass is 14.2. The van der Waals surface area contributed by atoms with Crippen molar-refractivity contribution >= 4 is 10.8 Å². The molecular weight excluding hydrogens is 276 g/mol. The Bertz CT molecular complexity index is 863. The fraction of sp³-hybridized carbons (Fsp3) is 0.0435. The summed E-state index contributed by atoms with van der Waals surface area (Å²) >= 11 is 0. The van der Waals surface area contributed by atoms with Gasteiger partial charge in [-0.15, -0.1) is 0 Å². The highest BCUT2D eigenvalue weighted by Crippen LogP contribution is 2.35. The summed E-state index contributed by atoms with van der Waals surface area (Å²) in [4.78, 5) is 0. The van der Waals surface area contributed by atoms with Crippen molar-refractivity contribution in [3.63, 3.8) is 0 Å². The summed E-state index contributed by atoms with van der Waals surface area (Å²) in [6.07, 6.45) is 0. The van der Waals surface area contributed by atoms with Crippen LogP contribution < -0.4 is 0 Å². The SMILES string of the molecule is [c]1cc[c]c(C(c2[c]cc[c]c2)c2cccc3ccccc23)c1. The van der Waals surface area contributed by atoms with Crippen LogP contribution in [0.25, 0.3) is 10.8 Å². The van der Waals surface area contributed by atoms with E-state index in [-0.39, 0.29) is 5.92 Å². The van der Waals surface area contributed by atoms with E-state index in [0.717, 1.165) is 11.1 Å². The molecular formula is C23H14. The highest BCUT2D eigenvalue weighted by molar-refractivity contribution is 5.87. The van der Waals surface area contributed by atoms with E-state index in [1.807, 2.05) is 36.4 Å². The van der Waals surface area contributed by atoms with Gasteiger partial charge in [0.1, 0.15) is 0 Å². The summed E-state index contributed by atoms with van der Waals surface area (Å²) in [5, 5.41) is 2.50. The summed E-state index contributed by atoms with van der Waals surface area (Å²) in [7, 11) is 0. The third-order valence-corrected chi connectivity index (χ3v) is 4.09. The minimum atomic E-state index is 0.0796. The molecule has 0 bridgehead atoms. The monoisotopic (exact) mass is 290 g/mol. The van der Waals surface area contributed by atoms with Gasteiger partial charge in [0.15, 0.2) is 0 Å². The quantitative estimate of drug-likeness (QED) is 0.454. The van der Waals surface area contributed by atoms with E-state index in [2.05, 4.69) is 66.7 Å². The standard InChI is InChI=1S/C23H14/c1-3-11-19(12-4-1)23(20-13-5-2-6-14-20)22-17-9-15-18-10-7-8-16-21(18)22/h1-3,5,7-10,12,14-17,23H. The molecule has 4 aromatic rings. The molecule has 0 unspecified atom stereocenters. The Hall–Kier alpha value is -2.86. The van der Waals surface area contributed by atoms with Crippen LogP contribution >= 0.6 is 0 Å². The zero-order chi connectivity index (χ0) is 15.5. The van der Waals surface area contributed by atoms with E-state index in [4.69, 9.17) is 0 Å². The van der Waals surface area contributed by atoms with Crippen LogP contribution in [0.1, 0.15) is 22.6 Å². The first-order valence-corrected chi connectivity index (χ1v) is 7.66. The van der Waals surface area contributed by atoms with Gasteiger partial charge in [-0.3, -0.25) is 0 Å². The lowest BCUT2D eigenvalue weighted by atomic mass is 9.83. The Labute approximate surface area is 137 Å². The molecule has 106 valence electrons. The van der Waals surface area contributed by atoms with Crippen molar-refractivity contribution < 1.29 is 0 Å². The number of benzene rings is 4. The van der Waals surface area contributed by atoms with Crippen LogP contribution in [0.2, 0.25) is 0 Å². The molecule has 0 aromatic heterocycles. The molecule has 0 N–H and O–H groups in total. The second-order valence-electron chi connectivity index (χ2n) is 5.49. The molecule has 0 aliphatic rings. The van der Waals surface area contributed by atoms with Gasteiger partial charge in [0.25, 0.3) is 0 Å². The van der Waals surface area contributed by atoms with Crippen molar-refractivity contribution in [1.29, 1.82) is 0 Å². The summed E-state index contributed by atoms with van der Waals surface area (Å²) in [5.74, 6) is 0.0796. The van der Waals surface area contributed by atoms with Crippen LogP contribution in [0.3, 0.4) is 0 Å². The first-order chi connectivity index (χ1) is 11.4. The maximum Gasteiger partial charge on any atom is 0.0358 e. The van der Waals surface area contributed by atoms with Gasteiger partial charge in [0.05, 0.1) is 0 Å². The van der Waals surface area contributed by atoms with Crippen molar-refractivity contribution in [3.8, 4) is 0 Å². The molecule has 0 nitrogen and oxygen atoms in total. The molecule has 4 aromatic carbocycles. The van der Waals surface area contributed by atoms with E-state index >= 15 is 0 Å². The zero-order valence-electron chi connectivity index (χ0n) is 12.6. The van der Waals surface area contributed by atoms with Crippen LogP contribution in [0.4, 0.5) is 0 Å². The first kappa shape index (κ1) is 13.8. The molecule has 4 rings (SSSR count). The van der Waals surface area contributed by atoms with Crippen LogP contribution in [0.15, 0.2) is 78.9 Å². The first-order valence-electron chi connectivity index (χ1n) is 7.66. The molecule has 0 saturated heterocycles. The molecule has 23 heavy (non-hydrogen) atoms. The molecule has 0 fully saturated rings. The van der Waals surface area contributed by atoms with Crippen molar-refractivity contribution in [2.24, 2.45) is 0 Å². The Balaban J connectivity index is 1.98. The topological polar surface area (TPSA) is 0 Å². The van der Waals surface area contributed by atoms with E-state index in [0.29, 0.717) is 0 Å². The lowest BCUT2D eigenvalue weighted by molar-refractivity contribution is 0.983. The average molecular weight is 290 g/mol. The second kappa shape index (κ2) is 6.10. The normalized spacial score (nSPS) is 11.0. The van der Waals surface area contributed by atoms with E-state index in [9.17, 15) is 0 Å². The summed E-state index contributed by atoms with van der Waals surface area (Å²) in [6, 6.07) is 39.6. The lowest BCUT2D eigenvalue weighted by Gasteiger charge is -2.20. The minimum absolute atomic E-state index is 0.0796. The predicted molar refractivity (Wildman–Crippen MR) is 93.1 cm³/mol. The van der Waals surface area contributed by atoms with Crippen molar-refractivity contribution in [1.82, 2.24) is 0 Å². The molecule has 0 aliphatic carbocycles. The number of hydrogen-bond acceptors (Lipinski definition) is 0. The molecule has 0 spiro atoms. The van der Waals surface area contributed by atoms with E-state index < -0.39 is 0 Å². The Morgan fingerprint density at radius 1 is 0.652 bits per heavy atom. The Kier molecular flexibility index (Phi) is 3.65. The van der Waals surface area contributed by atoms with Gasteiger partial charge in [-0.25, -0.2) is 0 Å². The van der Waals surface area contributed by atoms with Crippen molar-refractivity contribution in [3.05, 3.63) is 120 Å². The molecule has 0 atom stereocenters. The second-order valence-corrected chi connectivity index (χ2v) is 5.49. The maximum absolute atomic E-state index is 3.37. The Morgan fingerprint density at radius 2 is 1.30 bits per heavy atom. The van der Waals surface area contributed by atoms with Gasteiger partial charge >= 0.3 is 0 Å². The third kappa shape index (κ3) is 2.64. The molecule has 0 saturated carbocycles. The van der Waals surface area contributed by atoms with E-state index in [1.54, 1.807) is 0 Å². The van der Waals surface area contributed by atoms with Gasteiger partial charge in [-0.1, -0.05) is 66.7 Å². The molecule has 0 heteroatoms. The molecule has 4 radical (unpaired) electrons. The maximum atomic E-state index is 3.37. The smallest absolute Gasteiger partial charge is 0.0358 e. The van der Waals surface area contributed by atoms with E-state index in [1.165, 1.54) is 16.3 Å². The molecule has 0 heterocycles. The molecule has 0 aliphatic heterocycles. The zero-order valence-corrected chi connectivity index (χ0v) is 12.6. The van der Waals surface area contributed by atoms with Crippen molar-refractivity contribution in [2.75, 3.05) is 0 Å². The fourth-order valence-corrected chi connectivity index (χ4v) is 3.07. The highest BCUT2D eigenvalue weighted by Gasteiger charge is 2.18. The largest absolute Gasteiger partial charge is 0.0616 e. The fourth-order valence-electron chi connectivity index (χ4n) is 3.07. The van der Waals surface area contributed by atoms with Crippen molar-refractivity contribution in [2.45, 2.75) is 5.92 Å². The van der Waals surface area contributed by atoms with Crippen LogP contribution in [-0.2, 0) is 0 Å². The number of fused-ring (bicyclic) bond motifs is 1. The van der Waals surface area contributed by atoms with Crippen LogP contribution in [-0.4, -0.2) is 0 Å². The Morgan fingerprint density at radius 3 is 1.96 bits per heavy atom. The lowest BCUT2D eigenvalue weighted by Crippen LogP contribution is -2.04. The summed E-state index contributed by atoms with van der Waals surface area (Å²) in [5.41, 5.74) is 3.45. The number of hydrogen-bond donors (Lipinski definition) is 0. The van der Waals surface area contributed by atoms with Gasteiger partial charge in [0, 0.05) is 5.92 Å². The van der Waals surface area contributed by atoms with Gasteiger partial charge in [-0.05, 0) is 63.9 Å². The average Bonchev–Trinajstić information content (AvgIpc) is 2.64. The minimum Gasteiger partial charge on any atom is -0.0616 e. The number of rotatable bonds is 3. The summed E-state index contributed by atoms with van der Waals surface area (Å²) in [6.45, 7) is 0. The van der Waals surface area contributed by atoms with Gasteiger partial charge < -0.3 is 0 Å².